The Balaban J connectivity index is 2.47. The van der Waals surface area contributed by atoms with Crippen molar-refractivity contribution in [3.63, 3.8) is 0 Å². The minimum Gasteiger partial charge on any atom is -0.398 e. The molecule has 3 nitrogen and oxygen atoms in total. The molecule has 1 aromatic carbocycles. The fourth-order valence-corrected chi connectivity index (χ4v) is 1.17. The lowest BCUT2D eigenvalue weighted by Crippen LogP contribution is -2.20. The highest BCUT2D eigenvalue weighted by atomic mass is 15.1. The zero-order valence-electron chi connectivity index (χ0n) is 9.17. The average Bonchev–Trinajstić information content (AvgIpc) is 2.10. The number of benzene rings is 1. The highest BCUT2D eigenvalue weighted by Crippen LogP contribution is 2.16. The molecule has 0 heterocycles. The predicted molar refractivity (Wildman–Crippen MR) is 62.6 cm³/mol. The van der Waals surface area contributed by atoms with Crippen LogP contribution in [-0.2, 0) is 0 Å². The number of rotatable bonds is 4. The number of hydrogen-bond donors (Lipinski definition) is 2. The van der Waals surface area contributed by atoms with Gasteiger partial charge in [-0.05, 0) is 38.7 Å². The van der Waals surface area contributed by atoms with Gasteiger partial charge in [0.2, 0.25) is 0 Å². The van der Waals surface area contributed by atoms with Crippen molar-refractivity contribution in [1.82, 2.24) is 4.90 Å². The quantitative estimate of drug-likeness (QED) is 0.713. The lowest BCUT2D eigenvalue weighted by atomic mass is 10.2. The first-order valence-corrected chi connectivity index (χ1v) is 4.84. The van der Waals surface area contributed by atoms with Crippen LogP contribution in [0.1, 0.15) is 5.56 Å². The van der Waals surface area contributed by atoms with Gasteiger partial charge in [-0.1, -0.05) is 6.07 Å². The topological polar surface area (TPSA) is 41.3 Å². The molecule has 1 rings (SSSR count). The first kappa shape index (κ1) is 10.9. The highest BCUT2D eigenvalue weighted by Gasteiger charge is 1.96. The SMILES string of the molecule is Cc1ccc(NCCN(C)C)cc1N. The molecule has 0 aliphatic rings. The van der Waals surface area contributed by atoms with E-state index in [1.807, 2.05) is 19.1 Å². The van der Waals surface area contributed by atoms with Crippen molar-refractivity contribution >= 4 is 11.4 Å². The summed E-state index contributed by atoms with van der Waals surface area (Å²) in [7, 11) is 4.12. The first-order chi connectivity index (χ1) is 6.59. The third-order valence-electron chi connectivity index (χ3n) is 2.17. The second-order valence-electron chi connectivity index (χ2n) is 3.80. The molecule has 0 fully saturated rings. The van der Waals surface area contributed by atoms with Crippen molar-refractivity contribution in [3.8, 4) is 0 Å². The van der Waals surface area contributed by atoms with E-state index in [4.69, 9.17) is 5.73 Å². The number of nitrogens with two attached hydrogens (primary N) is 1. The Kier molecular flexibility index (Phi) is 3.77. The van der Waals surface area contributed by atoms with Gasteiger partial charge in [-0.2, -0.15) is 0 Å². The predicted octanol–water partition coefficient (Wildman–Crippen LogP) is 1.55. The van der Waals surface area contributed by atoms with E-state index < -0.39 is 0 Å². The summed E-state index contributed by atoms with van der Waals surface area (Å²) in [5.41, 5.74) is 8.87. The van der Waals surface area contributed by atoms with Crippen LogP contribution in [0.15, 0.2) is 18.2 Å². The van der Waals surface area contributed by atoms with Gasteiger partial charge in [0.15, 0.2) is 0 Å². The smallest absolute Gasteiger partial charge is 0.0364 e. The Morgan fingerprint density at radius 1 is 1.36 bits per heavy atom. The summed E-state index contributed by atoms with van der Waals surface area (Å²) in [5.74, 6) is 0. The molecule has 0 saturated carbocycles. The fraction of sp³-hybridized carbons (Fsp3) is 0.455. The Morgan fingerprint density at radius 2 is 2.07 bits per heavy atom. The third-order valence-corrected chi connectivity index (χ3v) is 2.17. The van der Waals surface area contributed by atoms with Crippen molar-refractivity contribution < 1.29 is 0 Å². The van der Waals surface area contributed by atoms with Crippen molar-refractivity contribution in [1.29, 1.82) is 0 Å². The molecule has 78 valence electrons. The molecule has 0 radical (unpaired) electrons. The van der Waals surface area contributed by atoms with Gasteiger partial charge in [-0.15, -0.1) is 0 Å². The lowest BCUT2D eigenvalue weighted by molar-refractivity contribution is 0.425. The van der Waals surface area contributed by atoms with Gasteiger partial charge in [0.05, 0.1) is 0 Å². The summed E-state index contributed by atoms with van der Waals surface area (Å²) >= 11 is 0. The van der Waals surface area contributed by atoms with Crippen LogP contribution in [-0.4, -0.2) is 32.1 Å². The van der Waals surface area contributed by atoms with Gasteiger partial charge in [0, 0.05) is 24.5 Å². The van der Waals surface area contributed by atoms with E-state index in [9.17, 15) is 0 Å². The van der Waals surface area contributed by atoms with Crippen LogP contribution in [0, 0.1) is 6.92 Å². The second-order valence-corrected chi connectivity index (χ2v) is 3.80. The number of hydrogen-bond acceptors (Lipinski definition) is 3. The average molecular weight is 193 g/mol. The number of nitrogens with zero attached hydrogens (tertiary/aromatic N) is 1. The van der Waals surface area contributed by atoms with Crippen LogP contribution in [0.5, 0.6) is 0 Å². The zero-order chi connectivity index (χ0) is 10.6. The minimum absolute atomic E-state index is 0.847. The molecule has 0 atom stereocenters. The molecular formula is C11H19N3. The molecule has 0 aliphatic heterocycles. The van der Waals surface area contributed by atoms with Gasteiger partial charge in [0.1, 0.15) is 0 Å². The molecular weight excluding hydrogens is 174 g/mol. The van der Waals surface area contributed by atoms with Crippen molar-refractivity contribution in [2.45, 2.75) is 6.92 Å². The minimum atomic E-state index is 0.847. The summed E-state index contributed by atoms with van der Waals surface area (Å²) in [4.78, 5) is 2.14. The molecule has 0 unspecified atom stereocenters. The largest absolute Gasteiger partial charge is 0.398 e. The van der Waals surface area contributed by atoms with E-state index in [0.29, 0.717) is 0 Å². The number of nitrogens with one attached hydrogen (secondary N) is 1. The van der Waals surface area contributed by atoms with Gasteiger partial charge in [0.25, 0.3) is 0 Å². The maximum Gasteiger partial charge on any atom is 0.0364 e. The fourth-order valence-electron chi connectivity index (χ4n) is 1.17. The first-order valence-electron chi connectivity index (χ1n) is 4.84. The van der Waals surface area contributed by atoms with Crippen LogP contribution in [0.3, 0.4) is 0 Å². The Morgan fingerprint density at radius 3 is 2.64 bits per heavy atom. The van der Waals surface area contributed by atoms with Gasteiger partial charge >= 0.3 is 0 Å². The molecule has 1 aromatic rings. The van der Waals surface area contributed by atoms with E-state index in [1.165, 1.54) is 0 Å². The molecule has 0 amide bonds. The van der Waals surface area contributed by atoms with Crippen LogP contribution >= 0.6 is 0 Å². The molecule has 0 bridgehead atoms. The molecule has 0 saturated heterocycles. The van der Waals surface area contributed by atoms with E-state index in [-0.39, 0.29) is 0 Å². The summed E-state index contributed by atoms with van der Waals surface area (Å²) in [5, 5.41) is 3.32. The Bertz CT molecular complexity index is 295. The number of likely N-dealkylation sites (N-methyl/N-ethyl adjacent to an activating group) is 1. The van der Waals surface area contributed by atoms with E-state index in [1.54, 1.807) is 0 Å². The number of anilines is 2. The van der Waals surface area contributed by atoms with Crippen molar-refractivity contribution in [2.75, 3.05) is 38.2 Å². The molecule has 0 aliphatic carbocycles. The van der Waals surface area contributed by atoms with Gasteiger partial charge < -0.3 is 16.0 Å². The van der Waals surface area contributed by atoms with Crippen LogP contribution < -0.4 is 11.1 Å². The highest BCUT2D eigenvalue weighted by molar-refractivity contribution is 5.58. The normalized spacial score (nSPS) is 10.6. The lowest BCUT2D eigenvalue weighted by Gasteiger charge is -2.12. The van der Waals surface area contributed by atoms with Crippen LogP contribution in [0.25, 0.3) is 0 Å². The summed E-state index contributed by atoms with van der Waals surface area (Å²) in [6.07, 6.45) is 0. The van der Waals surface area contributed by atoms with Gasteiger partial charge in [-0.3, -0.25) is 0 Å². The van der Waals surface area contributed by atoms with Gasteiger partial charge in [-0.25, -0.2) is 0 Å². The second kappa shape index (κ2) is 4.86. The Labute approximate surface area is 85.9 Å². The summed E-state index contributed by atoms with van der Waals surface area (Å²) in [6.45, 7) is 3.97. The summed E-state index contributed by atoms with van der Waals surface area (Å²) in [6, 6.07) is 6.07. The molecule has 14 heavy (non-hydrogen) atoms. The number of nitrogen functional groups attached to an aromatic ring is 1. The van der Waals surface area contributed by atoms with Crippen molar-refractivity contribution in [3.05, 3.63) is 23.8 Å². The zero-order valence-corrected chi connectivity index (χ0v) is 9.17. The van der Waals surface area contributed by atoms with E-state index in [0.717, 1.165) is 30.0 Å². The maximum absolute atomic E-state index is 5.80. The molecule has 3 N–H and O–H groups in total. The molecule has 3 heteroatoms. The monoisotopic (exact) mass is 193 g/mol. The van der Waals surface area contributed by atoms with Crippen LogP contribution in [0.2, 0.25) is 0 Å². The third kappa shape index (κ3) is 3.26. The Hall–Kier alpha value is -1.22. The van der Waals surface area contributed by atoms with Crippen LogP contribution in [0.4, 0.5) is 11.4 Å². The maximum atomic E-state index is 5.80. The molecule has 0 spiro atoms. The van der Waals surface area contributed by atoms with E-state index >= 15 is 0 Å². The molecule has 0 aromatic heterocycles. The number of aryl methyl sites for hydroxylation is 1. The summed E-state index contributed by atoms with van der Waals surface area (Å²) < 4.78 is 0. The van der Waals surface area contributed by atoms with Crippen molar-refractivity contribution in [2.24, 2.45) is 0 Å². The van der Waals surface area contributed by atoms with E-state index in [2.05, 4.69) is 30.4 Å². The standard InChI is InChI=1S/C11H19N3/c1-9-4-5-10(8-11(9)12)13-6-7-14(2)3/h4-5,8,13H,6-7,12H2,1-3H3.